The molecule has 1 aliphatic rings. The number of benzene rings is 2. The van der Waals surface area contributed by atoms with Crippen molar-refractivity contribution in [2.24, 2.45) is 0 Å². The van der Waals surface area contributed by atoms with Crippen LogP contribution < -0.4 is 0 Å². The average Bonchev–Trinajstić information content (AvgIpc) is 3.31. The van der Waals surface area contributed by atoms with Gasteiger partial charge in [0.2, 0.25) is 19.8 Å². The predicted molar refractivity (Wildman–Crippen MR) is 130 cm³/mol. The molecule has 0 radical (unpaired) electrons. The van der Waals surface area contributed by atoms with Gasteiger partial charge in [-0.25, -0.2) is 13.1 Å². The third-order valence-electron chi connectivity index (χ3n) is 5.88. The van der Waals surface area contributed by atoms with Crippen molar-refractivity contribution in [2.75, 3.05) is 26.2 Å². The molecule has 0 spiro atoms. The van der Waals surface area contributed by atoms with E-state index >= 15 is 0 Å². The van der Waals surface area contributed by atoms with E-state index in [1.54, 1.807) is 27.8 Å². The van der Waals surface area contributed by atoms with Crippen LogP contribution in [0.25, 0.3) is 15.2 Å². The molecule has 168 valence electrons. The molecule has 10 heteroatoms. The summed E-state index contributed by atoms with van der Waals surface area (Å²) in [5.41, 5.74) is 2.24. The molecule has 5 rings (SSSR count). The molecule has 32 heavy (non-hydrogen) atoms. The minimum atomic E-state index is -3.47. The van der Waals surface area contributed by atoms with Crippen molar-refractivity contribution in [3.8, 4) is 0 Å². The number of hydrogen-bond acceptors (Lipinski definition) is 6. The van der Waals surface area contributed by atoms with E-state index in [1.807, 2.05) is 33.3 Å². The molecule has 2 aromatic heterocycles. The first kappa shape index (κ1) is 21.7. The molecule has 0 saturated carbocycles. The number of aromatic nitrogens is 3. The molecule has 2 aromatic carbocycles. The van der Waals surface area contributed by atoms with Gasteiger partial charge in [0.05, 0.1) is 21.8 Å². The van der Waals surface area contributed by atoms with Crippen molar-refractivity contribution in [1.29, 1.82) is 0 Å². The summed E-state index contributed by atoms with van der Waals surface area (Å²) < 4.78 is 33.4. The fraction of sp³-hybridized carbons (Fsp3) is 0.364. The number of para-hydroxylation sites is 1. The summed E-state index contributed by atoms with van der Waals surface area (Å²) in [5, 5.41) is 4.70. The minimum Gasteiger partial charge on any atom is -0.282 e. The molecular weight excluding hydrogens is 462 g/mol. The molecule has 1 fully saturated rings. The van der Waals surface area contributed by atoms with E-state index in [1.165, 1.54) is 5.56 Å². The second kappa shape index (κ2) is 8.68. The van der Waals surface area contributed by atoms with E-state index in [2.05, 4.69) is 24.0 Å². The number of fused-ring (bicyclic) bond motifs is 3. The highest BCUT2D eigenvalue weighted by Crippen LogP contribution is 2.26. The lowest BCUT2D eigenvalue weighted by molar-refractivity contribution is 0.145. The van der Waals surface area contributed by atoms with Crippen molar-refractivity contribution in [3.05, 3.63) is 58.9 Å². The van der Waals surface area contributed by atoms with E-state index in [0.717, 1.165) is 28.0 Å². The molecule has 0 aliphatic carbocycles. The van der Waals surface area contributed by atoms with Gasteiger partial charge in [0.1, 0.15) is 0 Å². The number of thiazole rings is 1. The normalized spacial score (nSPS) is 16.3. The summed E-state index contributed by atoms with van der Waals surface area (Å²) in [4.78, 5) is 3.45. The summed E-state index contributed by atoms with van der Waals surface area (Å²) >= 11 is 7.31. The zero-order chi connectivity index (χ0) is 22.3. The van der Waals surface area contributed by atoms with Gasteiger partial charge >= 0.3 is 0 Å². The summed E-state index contributed by atoms with van der Waals surface area (Å²) in [6.45, 7) is 4.87. The smallest absolute Gasteiger partial charge is 0.243 e. The van der Waals surface area contributed by atoms with E-state index in [0.29, 0.717) is 42.5 Å². The van der Waals surface area contributed by atoms with Gasteiger partial charge in [-0.15, -0.1) is 5.10 Å². The van der Waals surface area contributed by atoms with Crippen LogP contribution in [0, 0.1) is 4.77 Å². The van der Waals surface area contributed by atoms with Crippen LogP contribution >= 0.6 is 23.6 Å². The first-order valence-electron chi connectivity index (χ1n) is 10.8. The predicted octanol–water partition coefficient (Wildman–Crippen LogP) is 4.00. The first-order valence-corrected chi connectivity index (χ1v) is 13.4. The number of nitrogens with zero attached hydrogens (tertiary/aromatic N) is 5. The first-order chi connectivity index (χ1) is 15.5. The zero-order valence-corrected chi connectivity index (χ0v) is 20.3. The molecule has 0 amide bonds. The van der Waals surface area contributed by atoms with Crippen LogP contribution in [-0.2, 0) is 23.1 Å². The lowest BCUT2D eigenvalue weighted by Crippen LogP contribution is -2.48. The van der Waals surface area contributed by atoms with Crippen LogP contribution in [0.2, 0.25) is 0 Å². The van der Waals surface area contributed by atoms with Gasteiger partial charge in [-0.3, -0.25) is 9.30 Å². The maximum atomic E-state index is 13.1. The minimum absolute atomic E-state index is 0.370. The molecule has 7 nitrogen and oxygen atoms in total. The van der Waals surface area contributed by atoms with E-state index < -0.39 is 10.0 Å². The van der Waals surface area contributed by atoms with Gasteiger partial charge < -0.3 is 0 Å². The molecule has 0 bridgehead atoms. The number of rotatable bonds is 6. The molecular formula is C22H25N5O2S3. The SMILES string of the molecule is CCCc1ccc(S(=O)(=O)N2CCN(Cn3nc4sc5ccccc5n4c3=S)CC2)cc1. The average molecular weight is 488 g/mol. The van der Waals surface area contributed by atoms with Crippen LogP contribution in [0.5, 0.6) is 0 Å². The van der Waals surface area contributed by atoms with Crippen molar-refractivity contribution in [1.82, 2.24) is 23.4 Å². The van der Waals surface area contributed by atoms with Gasteiger partial charge in [0, 0.05) is 26.2 Å². The fourth-order valence-electron chi connectivity index (χ4n) is 4.15. The summed E-state index contributed by atoms with van der Waals surface area (Å²) in [7, 11) is -3.47. The Hall–Kier alpha value is -2.11. The fourth-order valence-corrected chi connectivity index (χ4v) is 6.93. The van der Waals surface area contributed by atoms with Crippen LogP contribution in [-0.4, -0.2) is 58.0 Å². The maximum absolute atomic E-state index is 13.1. The van der Waals surface area contributed by atoms with Crippen LogP contribution in [0.3, 0.4) is 0 Å². The lowest BCUT2D eigenvalue weighted by Gasteiger charge is -2.33. The summed E-state index contributed by atoms with van der Waals surface area (Å²) in [6, 6.07) is 15.4. The lowest BCUT2D eigenvalue weighted by atomic mass is 10.1. The van der Waals surface area contributed by atoms with Crippen molar-refractivity contribution in [3.63, 3.8) is 0 Å². The van der Waals surface area contributed by atoms with Crippen LogP contribution in [0.1, 0.15) is 18.9 Å². The topological polar surface area (TPSA) is 62.9 Å². The molecule has 0 N–H and O–H groups in total. The van der Waals surface area contributed by atoms with Gasteiger partial charge in [-0.1, -0.05) is 48.9 Å². The number of aryl methyl sites for hydroxylation is 1. The Morgan fingerprint density at radius 3 is 2.47 bits per heavy atom. The molecule has 4 aromatic rings. The number of hydrogen-bond donors (Lipinski definition) is 0. The Kier molecular flexibility index (Phi) is 5.89. The molecule has 0 atom stereocenters. The summed E-state index contributed by atoms with van der Waals surface area (Å²) in [5.74, 6) is 0. The van der Waals surface area contributed by atoms with Crippen molar-refractivity contribution in [2.45, 2.75) is 31.3 Å². The van der Waals surface area contributed by atoms with Gasteiger partial charge in [-0.2, -0.15) is 4.31 Å². The Balaban J connectivity index is 1.27. The van der Waals surface area contributed by atoms with E-state index in [9.17, 15) is 8.42 Å². The molecule has 1 aliphatic heterocycles. The second-order valence-electron chi connectivity index (χ2n) is 8.03. The molecule has 1 saturated heterocycles. The zero-order valence-electron chi connectivity index (χ0n) is 17.8. The van der Waals surface area contributed by atoms with E-state index in [-0.39, 0.29) is 0 Å². The second-order valence-corrected chi connectivity index (χ2v) is 11.3. The van der Waals surface area contributed by atoms with Crippen LogP contribution in [0.4, 0.5) is 0 Å². The summed E-state index contributed by atoms with van der Waals surface area (Å²) in [6.07, 6.45) is 2.01. The number of piperazine rings is 1. The monoisotopic (exact) mass is 487 g/mol. The highest BCUT2D eigenvalue weighted by Gasteiger charge is 2.28. The number of sulfonamides is 1. The third-order valence-corrected chi connectivity index (χ3v) is 9.20. The van der Waals surface area contributed by atoms with Gasteiger partial charge in [0.25, 0.3) is 0 Å². The third kappa shape index (κ3) is 3.90. The van der Waals surface area contributed by atoms with Crippen LogP contribution in [0.15, 0.2) is 53.4 Å². The quantitative estimate of drug-likeness (QED) is 0.385. The molecule has 3 heterocycles. The van der Waals surface area contributed by atoms with Crippen molar-refractivity contribution >= 4 is 48.8 Å². The Labute approximate surface area is 196 Å². The maximum Gasteiger partial charge on any atom is 0.243 e. The Morgan fingerprint density at radius 2 is 1.75 bits per heavy atom. The standard InChI is InChI=1S/C22H25N5O2S3/c1-2-5-17-8-10-18(11-9-17)32(28,29)25-14-12-24(13-15-25)16-26-22(30)27-19-6-3-4-7-20(19)31-21(27)23-26/h3-4,6-11H,2,5,12-16H2,1H3. The van der Waals surface area contributed by atoms with Gasteiger partial charge in [-0.05, 0) is 48.5 Å². The highest BCUT2D eigenvalue weighted by molar-refractivity contribution is 7.89. The Morgan fingerprint density at radius 1 is 1.03 bits per heavy atom. The van der Waals surface area contributed by atoms with Crippen molar-refractivity contribution < 1.29 is 8.42 Å². The van der Waals surface area contributed by atoms with Gasteiger partial charge in [0.15, 0.2) is 0 Å². The largest absolute Gasteiger partial charge is 0.282 e. The highest BCUT2D eigenvalue weighted by atomic mass is 32.2. The Bertz CT molecular complexity index is 1410. The van der Waals surface area contributed by atoms with E-state index in [4.69, 9.17) is 17.3 Å². The molecule has 0 unspecified atom stereocenters.